The molecular weight excluding hydrogens is 462 g/mol. The zero-order valence-corrected chi connectivity index (χ0v) is 18.9. The average molecular weight is 482 g/mol. The Kier molecular flexibility index (Phi) is 6.47. The number of carbonyl (C=O) groups is 1. The van der Waals surface area contributed by atoms with Gasteiger partial charge in [0.2, 0.25) is 15.7 Å². The van der Waals surface area contributed by atoms with Gasteiger partial charge in [0.1, 0.15) is 0 Å². The Balaban J connectivity index is 1.33. The highest BCUT2D eigenvalue weighted by atomic mass is 32.2. The van der Waals surface area contributed by atoms with Crippen LogP contribution in [0.15, 0.2) is 82.6 Å². The van der Waals surface area contributed by atoms with Crippen LogP contribution in [-0.4, -0.2) is 24.2 Å². The van der Waals surface area contributed by atoms with E-state index < -0.39 is 14.8 Å². The van der Waals surface area contributed by atoms with Crippen molar-refractivity contribution in [2.24, 2.45) is 0 Å². The number of non-ortho nitro benzene ring substituents is 1. The van der Waals surface area contributed by atoms with Crippen molar-refractivity contribution in [2.75, 3.05) is 5.32 Å². The summed E-state index contributed by atoms with van der Waals surface area (Å²) in [5, 5.41) is 14.5. The molecule has 33 heavy (non-hydrogen) atoms. The molecule has 1 amide bonds. The number of hydrogen-bond acceptors (Lipinski definition) is 7. The fourth-order valence-electron chi connectivity index (χ4n) is 3.25. The van der Waals surface area contributed by atoms with Crippen molar-refractivity contribution in [3.8, 4) is 0 Å². The highest BCUT2D eigenvalue weighted by molar-refractivity contribution is 7.91. The lowest BCUT2D eigenvalue weighted by atomic mass is 10.2. The first-order chi connectivity index (χ1) is 15.8. The highest BCUT2D eigenvalue weighted by Crippen LogP contribution is 2.25. The lowest BCUT2D eigenvalue weighted by Crippen LogP contribution is -2.11. The van der Waals surface area contributed by atoms with Crippen LogP contribution in [0.2, 0.25) is 0 Å². The SMILES string of the molecule is O=C(CCCc1nc2ccccc2s1)Nc1ccc(S(=O)(=O)c2ccc([N+](=O)[O-])cc2)cc1. The molecule has 1 aromatic heterocycles. The molecule has 0 aliphatic heterocycles. The van der Waals surface area contributed by atoms with Crippen molar-refractivity contribution < 1.29 is 18.1 Å². The van der Waals surface area contributed by atoms with Crippen LogP contribution in [0.1, 0.15) is 17.8 Å². The zero-order valence-electron chi connectivity index (χ0n) is 17.3. The third-order valence-corrected chi connectivity index (χ3v) is 7.82. The maximum Gasteiger partial charge on any atom is 0.269 e. The minimum absolute atomic E-state index is 0.0326. The molecule has 8 nitrogen and oxygen atoms in total. The maximum absolute atomic E-state index is 12.7. The van der Waals surface area contributed by atoms with E-state index in [2.05, 4.69) is 10.3 Å². The van der Waals surface area contributed by atoms with Gasteiger partial charge >= 0.3 is 0 Å². The number of benzene rings is 3. The Morgan fingerprint density at radius 2 is 1.61 bits per heavy atom. The molecule has 1 N–H and O–H groups in total. The molecule has 168 valence electrons. The van der Waals surface area contributed by atoms with Crippen LogP contribution in [-0.2, 0) is 21.1 Å². The number of nitrogens with one attached hydrogen (secondary N) is 1. The smallest absolute Gasteiger partial charge is 0.269 e. The van der Waals surface area contributed by atoms with E-state index >= 15 is 0 Å². The largest absolute Gasteiger partial charge is 0.326 e. The Bertz CT molecular complexity index is 1380. The van der Waals surface area contributed by atoms with Crippen LogP contribution in [0, 0.1) is 10.1 Å². The predicted molar refractivity (Wildman–Crippen MR) is 126 cm³/mol. The van der Waals surface area contributed by atoms with Crippen LogP contribution in [0.25, 0.3) is 10.2 Å². The summed E-state index contributed by atoms with van der Waals surface area (Å²) in [6, 6.07) is 18.4. The van der Waals surface area contributed by atoms with Gasteiger partial charge in [-0.25, -0.2) is 13.4 Å². The number of nitrogens with zero attached hydrogens (tertiary/aromatic N) is 2. The summed E-state index contributed by atoms with van der Waals surface area (Å²) < 4.78 is 26.6. The quantitative estimate of drug-likeness (QED) is 0.279. The van der Waals surface area contributed by atoms with Crippen LogP contribution < -0.4 is 5.32 Å². The number of thiazole rings is 1. The number of fused-ring (bicyclic) bond motifs is 1. The summed E-state index contributed by atoms with van der Waals surface area (Å²) in [5.41, 5.74) is 1.27. The number of nitro groups is 1. The second-order valence-electron chi connectivity index (χ2n) is 7.26. The molecule has 0 aliphatic rings. The second-order valence-corrected chi connectivity index (χ2v) is 10.3. The minimum atomic E-state index is -3.82. The standard InChI is InChI=1S/C23H19N3O5S2/c27-22(6-3-7-23-25-20-4-1-2-5-21(20)32-23)24-16-8-12-18(13-9-16)33(30,31)19-14-10-17(11-15-19)26(28)29/h1-2,4-5,8-15H,3,6-7H2,(H,24,27). The van der Waals surface area contributed by atoms with Crippen molar-refractivity contribution in [2.45, 2.75) is 29.1 Å². The summed E-state index contributed by atoms with van der Waals surface area (Å²) in [6.45, 7) is 0. The lowest BCUT2D eigenvalue weighted by Gasteiger charge is -2.08. The van der Waals surface area contributed by atoms with Crippen molar-refractivity contribution >= 4 is 48.7 Å². The van der Waals surface area contributed by atoms with Gasteiger partial charge in [-0.3, -0.25) is 14.9 Å². The Hall–Kier alpha value is -3.63. The number of carbonyl (C=O) groups excluding carboxylic acids is 1. The molecule has 4 rings (SSSR count). The van der Waals surface area contributed by atoms with E-state index in [1.807, 2.05) is 24.3 Å². The summed E-state index contributed by atoms with van der Waals surface area (Å²) in [4.78, 5) is 27.0. The number of nitro benzene ring substituents is 1. The number of sulfone groups is 1. The monoisotopic (exact) mass is 481 g/mol. The first kappa shape index (κ1) is 22.6. The van der Waals surface area contributed by atoms with Crippen molar-refractivity contribution in [1.29, 1.82) is 0 Å². The number of aryl methyl sites for hydroxylation is 1. The zero-order chi connectivity index (χ0) is 23.4. The summed E-state index contributed by atoms with van der Waals surface area (Å²) in [6.07, 6.45) is 1.68. The molecule has 4 aromatic rings. The van der Waals surface area contributed by atoms with Gasteiger partial charge in [0.15, 0.2) is 0 Å². The van der Waals surface area contributed by atoms with E-state index in [1.54, 1.807) is 11.3 Å². The van der Waals surface area contributed by atoms with Gasteiger partial charge in [-0.05, 0) is 61.4 Å². The van der Waals surface area contributed by atoms with E-state index in [4.69, 9.17) is 0 Å². The molecule has 3 aromatic carbocycles. The molecule has 1 heterocycles. The number of aromatic nitrogens is 1. The predicted octanol–water partition coefficient (Wildman–Crippen LogP) is 5.00. The van der Waals surface area contributed by atoms with Gasteiger partial charge in [0, 0.05) is 24.2 Å². The lowest BCUT2D eigenvalue weighted by molar-refractivity contribution is -0.384. The molecule has 0 atom stereocenters. The Morgan fingerprint density at radius 1 is 0.970 bits per heavy atom. The molecule has 0 radical (unpaired) electrons. The van der Waals surface area contributed by atoms with Gasteiger partial charge in [-0.2, -0.15) is 0 Å². The van der Waals surface area contributed by atoms with E-state index in [0.29, 0.717) is 24.9 Å². The molecule has 0 bridgehead atoms. The molecule has 0 saturated carbocycles. The van der Waals surface area contributed by atoms with Crippen LogP contribution >= 0.6 is 11.3 Å². The van der Waals surface area contributed by atoms with Crippen molar-refractivity contribution in [3.05, 3.63) is 87.9 Å². The third-order valence-electron chi connectivity index (χ3n) is 4.94. The summed E-state index contributed by atoms with van der Waals surface area (Å²) in [5.74, 6) is -0.165. The van der Waals surface area contributed by atoms with E-state index in [-0.39, 0.29) is 21.4 Å². The van der Waals surface area contributed by atoms with Gasteiger partial charge in [0.25, 0.3) is 5.69 Å². The highest BCUT2D eigenvalue weighted by Gasteiger charge is 2.19. The molecule has 0 aliphatic carbocycles. The number of rotatable bonds is 8. The molecule has 0 saturated heterocycles. The minimum Gasteiger partial charge on any atom is -0.326 e. The topological polar surface area (TPSA) is 119 Å². The summed E-state index contributed by atoms with van der Waals surface area (Å²) >= 11 is 1.62. The van der Waals surface area contributed by atoms with Crippen molar-refractivity contribution in [3.63, 3.8) is 0 Å². The van der Waals surface area contributed by atoms with Crippen LogP contribution in [0.3, 0.4) is 0 Å². The number of anilines is 1. The van der Waals surface area contributed by atoms with E-state index in [0.717, 1.165) is 27.4 Å². The second kappa shape index (κ2) is 9.47. The van der Waals surface area contributed by atoms with Gasteiger partial charge < -0.3 is 5.32 Å². The molecule has 0 unspecified atom stereocenters. The average Bonchev–Trinajstić information content (AvgIpc) is 3.22. The van der Waals surface area contributed by atoms with Crippen molar-refractivity contribution in [1.82, 2.24) is 4.98 Å². The van der Waals surface area contributed by atoms with E-state index in [9.17, 15) is 23.3 Å². The first-order valence-electron chi connectivity index (χ1n) is 10.1. The maximum atomic E-state index is 12.7. The third kappa shape index (κ3) is 5.24. The Morgan fingerprint density at radius 3 is 2.24 bits per heavy atom. The normalized spacial score (nSPS) is 11.4. The first-order valence-corrected chi connectivity index (χ1v) is 12.4. The molecule has 0 spiro atoms. The van der Waals surface area contributed by atoms with Gasteiger partial charge in [-0.15, -0.1) is 11.3 Å². The van der Waals surface area contributed by atoms with Crippen LogP contribution in [0.4, 0.5) is 11.4 Å². The number of hydrogen-bond donors (Lipinski definition) is 1. The fourth-order valence-corrected chi connectivity index (χ4v) is 5.52. The van der Waals surface area contributed by atoms with Gasteiger partial charge in [-0.1, -0.05) is 12.1 Å². The molecular formula is C23H19N3O5S2. The molecule has 0 fully saturated rings. The number of para-hydroxylation sites is 1. The fraction of sp³-hybridized carbons (Fsp3) is 0.130. The Labute approximate surface area is 194 Å². The molecule has 10 heteroatoms. The number of amides is 1. The van der Waals surface area contributed by atoms with Gasteiger partial charge in [0.05, 0.1) is 29.9 Å². The van der Waals surface area contributed by atoms with Crippen LogP contribution in [0.5, 0.6) is 0 Å². The summed E-state index contributed by atoms with van der Waals surface area (Å²) in [7, 11) is -3.82. The van der Waals surface area contributed by atoms with E-state index in [1.165, 1.54) is 36.4 Å².